The Morgan fingerprint density at radius 2 is 2.06 bits per heavy atom. The van der Waals surface area contributed by atoms with E-state index in [9.17, 15) is 17.6 Å². The van der Waals surface area contributed by atoms with Crippen molar-refractivity contribution in [1.82, 2.24) is 4.98 Å². The molecule has 0 aliphatic carbocycles. The van der Waals surface area contributed by atoms with Crippen LogP contribution in [0.3, 0.4) is 0 Å². The van der Waals surface area contributed by atoms with Gasteiger partial charge in [-0.15, -0.1) is 0 Å². The van der Waals surface area contributed by atoms with Crippen molar-refractivity contribution < 1.29 is 17.6 Å². The molecule has 7 heteroatoms. The number of rotatable bonds is 4. The van der Waals surface area contributed by atoms with Crippen LogP contribution in [0.5, 0.6) is 0 Å². The summed E-state index contributed by atoms with van der Waals surface area (Å²) >= 11 is 0. The Morgan fingerprint density at radius 3 is 2.59 bits per heavy atom. The largest absolute Gasteiger partial charge is 0.390 e. The molecule has 96 valence electrons. The Hall–Kier alpha value is -1.37. The second kappa shape index (κ2) is 5.31. The highest BCUT2D eigenvalue weighted by atomic mass is 19.4. The van der Waals surface area contributed by atoms with Gasteiger partial charge in [0, 0.05) is 31.9 Å². The van der Waals surface area contributed by atoms with Crippen LogP contribution in [0.4, 0.5) is 23.4 Å². The average molecular weight is 251 g/mol. The molecular weight excluding hydrogens is 238 g/mol. The molecule has 17 heavy (non-hydrogen) atoms. The van der Waals surface area contributed by atoms with Gasteiger partial charge in [0.05, 0.1) is 6.42 Å². The van der Waals surface area contributed by atoms with Crippen molar-refractivity contribution in [1.29, 1.82) is 0 Å². The van der Waals surface area contributed by atoms with Crippen molar-refractivity contribution in [2.24, 2.45) is 5.73 Å². The fraction of sp³-hybridized carbons (Fsp3) is 0.500. The van der Waals surface area contributed by atoms with Crippen molar-refractivity contribution in [3.8, 4) is 0 Å². The predicted molar refractivity (Wildman–Crippen MR) is 56.0 cm³/mol. The maximum atomic E-state index is 13.7. The Bertz CT molecular complexity index is 378. The zero-order chi connectivity index (χ0) is 13.1. The van der Waals surface area contributed by atoms with Crippen LogP contribution >= 0.6 is 0 Å². The van der Waals surface area contributed by atoms with Gasteiger partial charge in [-0.25, -0.2) is 9.37 Å². The maximum Gasteiger partial charge on any atom is 0.390 e. The number of nitrogens with two attached hydrogens (primary N) is 1. The van der Waals surface area contributed by atoms with Crippen molar-refractivity contribution in [2.45, 2.75) is 19.1 Å². The fourth-order valence-electron chi connectivity index (χ4n) is 1.30. The molecule has 0 aliphatic heterocycles. The maximum absolute atomic E-state index is 13.7. The molecule has 1 aromatic rings. The molecular formula is C10H13F4N3. The first kappa shape index (κ1) is 13.7. The van der Waals surface area contributed by atoms with E-state index >= 15 is 0 Å². The lowest BCUT2D eigenvalue weighted by atomic mass is 10.2. The van der Waals surface area contributed by atoms with E-state index < -0.39 is 18.4 Å². The molecule has 0 spiro atoms. The highest BCUT2D eigenvalue weighted by Gasteiger charge is 2.27. The van der Waals surface area contributed by atoms with Crippen molar-refractivity contribution in [2.75, 3.05) is 18.5 Å². The van der Waals surface area contributed by atoms with Gasteiger partial charge >= 0.3 is 6.18 Å². The van der Waals surface area contributed by atoms with Crippen LogP contribution in [0.25, 0.3) is 0 Å². The van der Waals surface area contributed by atoms with Crippen molar-refractivity contribution in [3.63, 3.8) is 0 Å². The van der Waals surface area contributed by atoms with Crippen molar-refractivity contribution in [3.05, 3.63) is 23.6 Å². The van der Waals surface area contributed by atoms with E-state index in [4.69, 9.17) is 5.73 Å². The molecule has 0 amide bonds. The van der Waals surface area contributed by atoms with Crippen LogP contribution in [0.1, 0.15) is 12.0 Å². The number of aromatic nitrogens is 1. The lowest BCUT2D eigenvalue weighted by Gasteiger charge is -2.20. The highest BCUT2D eigenvalue weighted by molar-refractivity contribution is 5.42. The number of anilines is 1. The molecule has 0 aromatic carbocycles. The van der Waals surface area contributed by atoms with E-state index in [0.717, 1.165) is 4.90 Å². The van der Waals surface area contributed by atoms with Crippen LogP contribution in [0.15, 0.2) is 12.3 Å². The van der Waals surface area contributed by atoms with Gasteiger partial charge in [-0.1, -0.05) is 0 Å². The third kappa shape index (κ3) is 3.85. The third-order valence-electron chi connectivity index (χ3n) is 2.26. The fourth-order valence-corrected chi connectivity index (χ4v) is 1.30. The SMILES string of the molecule is CN(CCC(F)(F)F)c1nccc(CN)c1F. The lowest BCUT2D eigenvalue weighted by Crippen LogP contribution is -2.26. The molecule has 1 heterocycles. The standard InChI is InChI=1S/C10H13F4N3/c1-17(5-3-10(12,13)14)9-8(11)7(6-15)2-4-16-9/h2,4H,3,5-6,15H2,1H3. The van der Waals surface area contributed by atoms with Crippen molar-refractivity contribution >= 4 is 5.82 Å². The van der Waals surface area contributed by atoms with E-state index in [0.29, 0.717) is 0 Å². The number of halogens is 4. The van der Waals surface area contributed by atoms with E-state index in [1.165, 1.54) is 19.3 Å². The number of hydrogen-bond acceptors (Lipinski definition) is 3. The minimum absolute atomic E-state index is 0.0194. The first-order valence-corrected chi connectivity index (χ1v) is 4.96. The van der Waals surface area contributed by atoms with Gasteiger partial charge in [0.25, 0.3) is 0 Å². The smallest absolute Gasteiger partial charge is 0.357 e. The minimum atomic E-state index is -4.27. The second-order valence-electron chi connectivity index (χ2n) is 3.60. The molecule has 1 rings (SSSR count). The summed E-state index contributed by atoms with van der Waals surface area (Å²) in [5.74, 6) is -0.781. The Kier molecular flexibility index (Phi) is 4.28. The van der Waals surface area contributed by atoms with Gasteiger partial charge in [-0.05, 0) is 6.07 Å². The van der Waals surface area contributed by atoms with Gasteiger partial charge in [0.2, 0.25) is 0 Å². The van der Waals surface area contributed by atoms with E-state index in [2.05, 4.69) is 4.98 Å². The first-order valence-electron chi connectivity index (χ1n) is 4.96. The van der Waals surface area contributed by atoms with Gasteiger partial charge < -0.3 is 10.6 Å². The summed E-state index contributed by atoms with van der Waals surface area (Å²) in [6.07, 6.45) is -3.96. The first-order chi connectivity index (χ1) is 7.85. The normalized spacial score (nSPS) is 11.6. The summed E-state index contributed by atoms with van der Waals surface area (Å²) in [4.78, 5) is 4.84. The van der Waals surface area contributed by atoms with Crippen LogP contribution in [0.2, 0.25) is 0 Å². The van der Waals surface area contributed by atoms with Gasteiger partial charge in [0.15, 0.2) is 11.6 Å². The second-order valence-corrected chi connectivity index (χ2v) is 3.60. The van der Waals surface area contributed by atoms with Gasteiger partial charge in [0.1, 0.15) is 0 Å². The summed E-state index contributed by atoms with van der Waals surface area (Å²) in [5, 5.41) is 0. The molecule has 0 aliphatic rings. The van der Waals surface area contributed by atoms with Crippen LogP contribution in [-0.4, -0.2) is 24.8 Å². The predicted octanol–water partition coefficient (Wildman–Crippen LogP) is 2.07. The molecule has 0 unspecified atom stereocenters. The summed E-state index contributed by atoms with van der Waals surface area (Å²) in [6.45, 7) is -0.365. The molecule has 0 saturated carbocycles. The Morgan fingerprint density at radius 1 is 1.41 bits per heavy atom. The number of hydrogen-bond donors (Lipinski definition) is 1. The molecule has 0 bridgehead atoms. The monoisotopic (exact) mass is 251 g/mol. The average Bonchev–Trinajstić information content (AvgIpc) is 2.25. The summed E-state index contributed by atoms with van der Waals surface area (Å²) in [7, 11) is 1.36. The molecule has 0 fully saturated rings. The zero-order valence-electron chi connectivity index (χ0n) is 9.26. The molecule has 1 aromatic heterocycles. The van der Waals surface area contributed by atoms with Crippen LogP contribution < -0.4 is 10.6 Å². The van der Waals surface area contributed by atoms with E-state index in [-0.39, 0.29) is 24.5 Å². The van der Waals surface area contributed by atoms with Gasteiger partial charge in [-0.3, -0.25) is 0 Å². The quantitative estimate of drug-likeness (QED) is 0.833. The molecule has 0 saturated heterocycles. The highest BCUT2D eigenvalue weighted by Crippen LogP contribution is 2.23. The number of nitrogens with zero attached hydrogens (tertiary/aromatic N) is 2. The summed E-state index contributed by atoms with van der Waals surface area (Å²) in [5.41, 5.74) is 5.53. The minimum Gasteiger partial charge on any atom is -0.357 e. The van der Waals surface area contributed by atoms with Crippen LogP contribution in [0, 0.1) is 5.82 Å². The third-order valence-corrected chi connectivity index (χ3v) is 2.26. The Labute approximate surface area is 96.2 Å². The molecule has 0 atom stereocenters. The summed E-state index contributed by atoms with van der Waals surface area (Å²) < 4.78 is 49.7. The zero-order valence-corrected chi connectivity index (χ0v) is 9.26. The molecule has 0 radical (unpaired) electrons. The Balaban J connectivity index is 2.79. The molecule has 3 nitrogen and oxygen atoms in total. The van der Waals surface area contributed by atoms with E-state index in [1.54, 1.807) is 0 Å². The lowest BCUT2D eigenvalue weighted by molar-refractivity contribution is -0.132. The molecule has 2 N–H and O–H groups in total. The topological polar surface area (TPSA) is 42.2 Å². The van der Waals surface area contributed by atoms with Crippen LogP contribution in [-0.2, 0) is 6.54 Å². The number of alkyl halides is 3. The summed E-state index contributed by atoms with van der Waals surface area (Å²) in [6, 6.07) is 1.40. The van der Waals surface area contributed by atoms with Gasteiger partial charge in [-0.2, -0.15) is 13.2 Å². The van der Waals surface area contributed by atoms with E-state index in [1.807, 2.05) is 0 Å². The number of pyridine rings is 1.